The van der Waals surface area contributed by atoms with Crippen LogP contribution in [0, 0.1) is 0 Å². The van der Waals surface area contributed by atoms with Crippen molar-refractivity contribution < 1.29 is 4.79 Å². The molecule has 6 heteroatoms. The second-order valence-electron chi connectivity index (χ2n) is 3.30. The average molecular weight is 227 g/mol. The zero-order valence-corrected chi connectivity index (χ0v) is 8.87. The molecule has 1 saturated heterocycles. The first kappa shape index (κ1) is 10.2. The van der Waals surface area contributed by atoms with Gasteiger partial charge in [0.25, 0.3) is 0 Å². The van der Waals surface area contributed by atoms with Crippen LogP contribution in [0.15, 0.2) is 12.4 Å². The average Bonchev–Trinajstić information content (AvgIpc) is 2.43. The van der Waals surface area contributed by atoms with Crippen molar-refractivity contribution in [1.29, 1.82) is 0 Å². The normalized spacial score (nSPS) is 17.1. The quantitative estimate of drug-likeness (QED) is 0.756. The highest BCUT2D eigenvalue weighted by atomic mass is 35.5. The Kier molecular flexibility index (Phi) is 3.01. The molecule has 5 nitrogen and oxygen atoms in total. The predicted molar refractivity (Wildman–Crippen MR) is 56.9 cm³/mol. The third-order valence-electron chi connectivity index (χ3n) is 2.20. The highest BCUT2D eigenvalue weighted by Crippen LogP contribution is 2.20. The van der Waals surface area contributed by atoms with E-state index in [9.17, 15) is 4.79 Å². The van der Waals surface area contributed by atoms with Crippen molar-refractivity contribution in [2.24, 2.45) is 0 Å². The van der Waals surface area contributed by atoms with Crippen LogP contribution in [-0.2, 0) is 4.79 Å². The van der Waals surface area contributed by atoms with Gasteiger partial charge in [-0.15, -0.1) is 0 Å². The molecule has 0 unspecified atom stereocenters. The monoisotopic (exact) mass is 226 g/mol. The minimum atomic E-state index is -0.00535. The first-order chi connectivity index (χ1) is 7.27. The number of carbonyl (C=O) groups excluding carboxylic acids is 1. The third-order valence-corrected chi connectivity index (χ3v) is 2.46. The van der Waals surface area contributed by atoms with Gasteiger partial charge < -0.3 is 10.2 Å². The van der Waals surface area contributed by atoms with Gasteiger partial charge in [0.05, 0.1) is 6.54 Å². The molecule has 0 saturated carbocycles. The zero-order valence-electron chi connectivity index (χ0n) is 8.11. The Labute approximate surface area is 92.5 Å². The number of carbonyl (C=O) groups is 1. The van der Waals surface area contributed by atoms with Crippen molar-refractivity contribution in [3.8, 4) is 0 Å². The summed E-state index contributed by atoms with van der Waals surface area (Å²) in [5, 5.41) is 3.13. The molecule has 2 rings (SSSR count). The summed E-state index contributed by atoms with van der Waals surface area (Å²) in [5.74, 6) is 0.574. The molecule has 0 aromatic carbocycles. The Hall–Kier alpha value is -1.36. The van der Waals surface area contributed by atoms with E-state index in [-0.39, 0.29) is 5.91 Å². The fraction of sp³-hybridized carbons (Fsp3) is 0.444. The lowest BCUT2D eigenvalue weighted by Gasteiger charge is -2.19. The summed E-state index contributed by atoms with van der Waals surface area (Å²) in [6.45, 7) is 1.75. The smallest absolute Gasteiger partial charge is 0.239 e. The molecular formula is C9H11ClN4O. The van der Waals surface area contributed by atoms with Gasteiger partial charge in [0, 0.05) is 25.5 Å². The summed E-state index contributed by atoms with van der Waals surface area (Å²) < 4.78 is 0. The van der Waals surface area contributed by atoms with Crippen molar-refractivity contribution in [1.82, 2.24) is 15.3 Å². The van der Waals surface area contributed by atoms with E-state index in [2.05, 4.69) is 15.3 Å². The molecule has 1 aromatic heterocycles. The first-order valence-electron chi connectivity index (χ1n) is 4.75. The van der Waals surface area contributed by atoms with E-state index in [0.29, 0.717) is 24.1 Å². The highest BCUT2D eigenvalue weighted by molar-refractivity contribution is 6.31. The zero-order chi connectivity index (χ0) is 10.7. The van der Waals surface area contributed by atoms with Crippen molar-refractivity contribution in [3.05, 3.63) is 17.5 Å². The number of aromatic nitrogens is 2. The molecule has 1 aliphatic heterocycles. The lowest BCUT2D eigenvalue weighted by atomic mass is 10.4. The maximum Gasteiger partial charge on any atom is 0.239 e. The fourth-order valence-corrected chi connectivity index (χ4v) is 1.74. The Morgan fingerprint density at radius 1 is 1.40 bits per heavy atom. The van der Waals surface area contributed by atoms with Crippen LogP contribution in [-0.4, -0.2) is 35.5 Å². The van der Waals surface area contributed by atoms with E-state index in [0.717, 1.165) is 13.0 Å². The predicted octanol–water partition coefficient (Wildman–Crippen LogP) is 0.456. The molecule has 0 radical (unpaired) electrons. The van der Waals surface area contributed by atoms with Crippen LogP contribution in [0.25, 0.3) is 0 Å². The van der Waals surface area contributed by atoms with E-state index in [1.54, 1.807) is 6.20 Å². The van der Waals surface area contributed by atoms with E-state index in [4.69, 9.17) is 11.6 Å². The lowest BCUT2D eigenvalue weighted by Crippen LogP contribution is -2.33. The van der Waals surface area contributed by atoms with Crippen LogP contribution in [0.3, 0.4) is 0 Å². The molecule has 0 bridgehead atoms. The standard InChI is InChI=1S/C9H11ClN4O/c10-8-9(13-4-3-12-8)14-5-1-2-11-7(15)6-14/h3-4H,1-2,5-6H2,(H,11,15). The second-order valence-corrected chi connectivity index (χ2v) is 3.65. The maximum absolute atomic E-state index is 11.3. The van der Waals surface area contributed by atoms with E-state index >= 15 is 0 Å². The van der Waals surface area contributed by atoms with Gasteiger partial charge in [-0.3, -0.25) is 4.79 Å². The lowest BCUT2D eigenvalue weighted by molar-refractivity contribution is -0.119. The summed E-state index contributed by atoms with van der Waals surface area (Å²) in [7, 11) is 0. The second kappa shape index (κ2) is 4.44. The molecule has 1 aromatic rings. The molecule has 80 valence electrons. The third kappa shape index (κ3) is 2.36. The molecule has 15 heavy (non-hydrogen) atoms. The number of anilines is 1. The number of hydrogen-bond acceptors (Lipinski definition) is 4. The largest absolute Gasteiger partial charge is 0.354 e. The highest BCUT2D eigenvalue weighted by Gasteiger charge is 2.18. The van der Waals surface area contributed by atoms with Crippen molar-refractivity contribution >= 4 is 23.3 Å². The minimum absolute atomic E-state index is 0.00535. The van der Waals surface area contributed by atoms with Gasteiger partial charge in [-0.25, -0.2) is 9.97 Å². The van der Waals surface area contributed by atoms with Crippen LogP contribution < -0.4 is 10.2 Å². The van der Waals surface area contributed by atoms with Crippen molar-refractivity contribution in [2.45, 2.75) is 6.42 Å². The molecule has 1 aliphatic rings. The van der Waals surface area contributed by atoms with E-state index < -0.39 is 0 Å². The molecular weight excluding hydrogens is 216 g/mol. The van der Waals surface area contributed by atoms with Crippen molar-refractivity contribution in [3.63, 3.8) is 0 Å². The fourth-order valence-electron chi connectivity index (χ4n) is 1.51. The van der Waals surface area contributed by atoms with Gasteiger partial charge >= 0.3 is 0 Å². The SMILES string of the molecule is O=C1CN(c2nccnc2Cl)CCCN1. The van der Waals surface area contributed by atoms with E-state index in [1.165, 1.54) is 6.20 Å². The first-order valence-corrected chi connectivity index (χ1v) is 5.13. The van der Waals surface area contributed by atoms with Gasteiger partial charge in [-0.05, 0) is 6.42 Å². The van der Waals surface area contributed by atoms with Gasteiger partial charge in [0.1, 0.15) is 0 Å². The van der Waals surface area contributed by atoms with Crippen molar-refractivity contribution in [2.75, 3.05) is 24.5 Å². The molecule has 0 atom stereocenters. The Morgan fingerprint density at radius 3 is 3.00 bits per heavy atom. The minimum Gasteiger partial charge on any atom is -0.354 e. The summed E-state index contributed by atoms with van der Waals surface area (Å²) >= 11 is 5.91. The Balaban J connectivity index is 2.22. The van der Waals surface area contributed by atoms with Gasteiger partial charge in [-0.1, -0.05) is 11.6 Å². The summed E-state index contributed by atoms with van der Waals surface area (Å²) in [5.41, 5.74) is 0. The number of hydrogen-bond donors (Lipinski definition) is 1. The molecule has 1 fully saturated rings. The van der Waals surface area contributed by atoms with Crippen LogP contribution >= 0.6 is 11.6 Å². The number of halogens is 1. The summed E-state index contributed by atoms with van der Waals surface area (Å²) in [6, 6.07) is 0. The number of nitrogens with one attached hydrogen (secondary N) is 1. The van der Waals surface area contributed by atoms with Crippen LogP contribution in [0.2, 0.25) is 5.15 Å². The topological polar surface area (TPSA) is 58.1 Å². The summed E-state index contributed by atoms with van der Waals surface area (Å²) in [4.78, 5) is 21.2. The van der Waals surface area contributed by atoms with Gasteiger partial charge in [0.2, 0.25) is 5.91 Å². The summed E-state index contributed by atoms with van der Waals surface area (Å²) in [6.07, 6.45) is 3.99. The molecule has 0 spiro atoms. The van der Waals surface area contributed by atoms with Crippen LogP contribution in [0.5, 0.6) is 0 Å². The molecule has 1 amide bonds. The Morgan fingerprint density at radius 2 is 2.20 bits per heavy atom. The number of amides is 1. The van der Waals surface area contributed by atoms with E-state index in [1.807, 2.05) is 4.90 Å². The van der Waals surface area contributed by atoms with Crippen LogP contribution in [0.1, 0.15) is 6.42 Å². The number of nitrogens with zero attached hydrogens (tertiary/aromatic N) is 3. The molecule has 1 N–H and O–H groups in total. The van der Waals surface area contributed by atoms with Gasteiger partial charge in [0.15, 0.2) is 11.0 Å². The Bertz CT molecular complexity index is 371. The maximum atomic E-state index is 11.3. The number of rotatable bonds is 1. The molecule has 0 aliphatic carbocycles. The van der Waals surface area contributed by atoms with Gasteiger partial charge in [-0.2, -0.15) is 0 Å². The van der Waals surface area contributed by atoms with Crippen LogP contribution in [0.4, 0.5) is 5.82 Å². The molecule has 2 heterocycles.